The standard InChI is InChI=1S/C11H15NO4S/c1-8(13)7-12(5-4-10(14)15)11(16)9-3-2-6-17-9/h2-3,6,8,13H,4-5,7H2,1H3,(H,14,15). The molecule has 1 amide bonds. The number of carboxylic acid groups (broad SMARTS) is 1. The van der Waals surface area contributed by atoms with Crippen molar-refractivity contribution in [2.24, 2.45) is 0 Å². The van der Waals surface area contributed by atoms with E-state index in [0.717, 1.165) is 0 Å². The van der Waals surface area contributed by atoms with E-state index in [-0.39, 0.29) is 25.4 Å². The van der Waals surface area contributed by atoms with Gasteiger partial charge < -0.3 is 15.1 Å². The first kappa shape index (κ1) is 13.7. The van der Waals surface area contributed by atoms with Crippen molar-refractivity contribution in [2.75, 3.05) is 13.1 Å². The minimum atomic E-state index is -0.959. The first-order valence-electron chi connectivity index (χ1n) is 5.23. The minimum absolute atomic E-state index is 0.108. The Morgan fingerprint density at radius 1 is 1.53 bits per heavy atom. The van der Waals surface area contributed by atoms with E-state index in [4.69, 9.17) is 5.11 Å². The van der Waals surface area contributed by atoms with E-state index in [2.05, 4.69) is 0 Å². The Hall–Kier alpha value is -1.40. The largest absolute Gasteiger partial charge is 0.481 e. The number of carbonyl (C=O) groups excluding carboxylic acids is 1. The van der Waals surface area contributed by atoms with Crippen LogP contribution in [0.25, 0.3) is 0 Å². The van der Waals surface area contributed by atoms with Gasteiger partial charge in [0.1, 0.15) is 0 Å². The molecule has 2 N–H and O–H groups in total. The lowest BCUT2D eigenvalue weighted by molar-refractivity contribution is -0.137. The number of carboxylic acids is 1. The van der Waals surface area contributed by atoms with Gasteiger partial charge in [-0.1, -0.05) is 6.07 Å². The van der Waals surface area contributed by atoms with Gasteiger partial charge in [0.2, 0.25) is 0 Å². The Balaban J connectivity index is 2.68. The third kappa shape index (κ3) is 4.54. The smallest absolute Gasteiger partial charge is 0.305 e. The van der Waals surface area contributed by atoms with Crippen LogP contribution in [0.2, 0.25) is 0 Å². The zero-order valence-electron chi connectivity index (χ0n) is 9.50. The van der Waals surface area contributed by atoms with Crippen molar-refractivity contribution in [3.8, 4) is 0 Å². The molecule has 1 rings (SSSR count). The van der Waals surface area contributed by atoms with Gasteiger partial charge in [-0.25, -0.2) is 0 Å². The van der Waals surface area contributed by atoms with Crippen molar-refractivity contribution >= 4 is 23.2 Å². The fraction of sp³-hybridized carbons (Fsp3) is 0.455. The summed E-state index contributed by atoms with van der Waals surface area (Å²) in [6.07, 6.45) is -0.795. The summed E-state index contributed by atoms with van der Waals surface area (Å²) in [5.41, 5.74) is 0. The molecule has 17 heavy (non-hydrogen) atoms. The molecule has 1 unspecified atom stereocenters. The van der Waals surface area contributed by atoms with Gasteiger partial charge in [0, 0.05) is 13.1 Å². The van der Waals surface area contributed by atoms with Crippen molar-refractivity contribution in [2.45, 2.75) is 19.4 Å². The number of aliphatic carboxylic acids is 1. The molecule has 0 aromatic carbocycles. The third-order valence-corrected chi connectivity index (χ3v) is 2.96. The Morgan fingerprint density at radius 3 is 2.71 bits per heavy atom. The summed E-state index contributed by atoms with van der Waals surface area (Å²) in [5.74, 6) is -1.19. The SMILES string of the molecule is CC(O)CN(CCC(=O)O)C(=O)c1cccs1. The summed E-state index contributed by atoms with van der Waals surface area (Å²) in [7, 11) is 0. The van der Waals surface area contributed by atoms with Crippen LogP contribution in [0, 0.1) is 0 Å². The van der Waals surface area contributed by atoms with Crippen LogP contribution in [-0.4, -0.2) is 46.2 Å². The van der Waals surface area contributed by atoms with E-state index in [0.29, 0.717) is 4.88 Å². The van der Waals surface area contributed by atoms with Crippen molar-refractivity contribution in [3.63, 3.8) is 0 Å². The molecule has 1 heterocycles. The number of amides is 1. The van der Waals surface area contributed by atoms with E-state index >= 15 is 0 Å². The Kier molecular flexibility index (Phi) is 5.11. The van der Waals surface area contributed by atoms with E-state index in [1.165, 1.54) is 16.2 Å². The summed E-state index contributed by atoms with van der Waals surface area (Å²) in [6.45, 7) is 1.82. The zero-order chi connectivity index (χ0) is 12.8. The Morgan fingerprint density at radius 2 is 2.24 bits per heavy atom. The molecule has 0 aliphatic rings. The van der Waals surface area contributed by atoms with Crippen LogP contribution in [0.4, 0.5) is 0 Å². The maximum Gasteiger partial charge on any atom is 0.305 e. The summed E-state index contributed by atoms with van der Waals surface area (Å²) < 4.78 is 0. The summed E-state index contributed by atoms with van der Waals surface area (Å²) in [5, 5.41) is 19.7. The first-order chi connectivity index (χ1) is 8.00. The normalized spacial score (nSPS) is 12.1. The number of hydrogen-bond acceptors (Lipinski definition) is 4. The highest BCUT2D eigenvalue weighted by atomic mass is 32.1. The fourth-order valence-corrected chi connectivity index (χ4v) is 2.07. The summed E-state index contributed by atoms with van der Waals surface area (Å²) in [4.78, 5) is 24.4. The maximum absolute atomic E-state index is 12.0. The summed E-state index contributed by atoms with van der Waals surface area (Å²) in [6, 6.07) is 3.44. The van der Waals surface area contributed by atoms with Crippen LogP contribution < -0.4 is 0 Å². The molecule has 1 aromatic rings. The van der Waals surface area contributed by atoms with Crippen LogP contribution in [0.3, 0.4) is 0 Å². The molecule has 0 spiro atoms. The van der Waals surface area contributed by atoms with Gasteiger partial charge in [-0.3, -0.25) is 9.59 Å². The number of aliphatic hydroxyl groups excluding tert-OH is 1. The molecule has 0 aliphatic carbocycles. The van der Waals surface area contributed by atoms with E-state index < -0.39 is 12.1 Å². The second-order valence-electron chi connectivity index (χ2n) is 3.72. The van der Waals surface area contributed by atoms with Gasteiger partial charge in [0.25, 0.3) is 5.91 Å². The second-order valence-corrected chi connectivity index (χ2v) is 4.67. The van der Waals surface area contributed by atoms with Gasteiger partial charge in [0.15, 0.2) is 0 Å². The van der Waals surface area contributed by atoms with Gasteiger partial charge in [-0.15, -0.1) is 11.3 Å². The molecule has 0 saturated carbocycles. The molecule has 94 valence electrons. The summed E-state index contributed by atoms with van der Waals surface area (Å²) >= 11 is 1.30. The van der Waals surface area contributed by atoms with Gasteiger partial charge in [-0.2, -0.15) is 0 Å². The lowest BCUT2D eigenvalue weighted by atomic mass is 10.3. The zero-order valence-corrected chi connectivity index (χ0v) is 10.3. The van der Waals surface area contributed by atoms with Gasteiger partial charge >= 0.3 is 5.97 Å². The van der Waals surface area contributed by atoms with Crippen LogP contribution in [0.15, 0.2) is 17.5 Å². The third-order valence-electron chi connectivity index (χ3n) is 2.10. The van der Waals surface area contributed by atoms with E-state index in [9.17, 15) is 14.7 Å². The van der Waals surface area contributed by atoms with Gasteiger partial charge in [-0.05, 0) is 18.4 Å². The lowest BCUT2D eigenvalue weighted by Crippen LogP contribution is -2.37. The highest BCUT2D eigenvalue weighted by Gasteiger charge is 2.18. The van der Waals surface area contributed by atoms with Gasteiger partial charge in [0.05, 0.1) is 17.4 Å². The van der Waals surface area contributed by atoms with Crippen LogP contribution >= 0.6 is 11.3 Å². The highest BCUT2D eigenvalue weighted by Crippen LogP contribution is 2.12. The molecule has 0 radical (unpaired) electrons. The van der Waals surface area contributed by atoms with Crippen LogP contribution in [0.1, 0.15) is 23.0 Å². The molecule has 6 heteroatoms. The Labute approximate surface area is 103 Å². The average molecular weight is 257 g/mol. The van der Waals surface area contributed by atoms with Crippen LogP contribution in [-0.2, 0) is 4.79 Å². The molecule has 0 saturated heterocycles. The number of rotatable bonds is 6. The molecule has 1 atom stereocenters. The fourth-order valence-electron chi connectivity index (χ4n) is 1.38. The molecule has 0 aliphatic heterocycles. The van der Waals surface area contributed by atoms with Crippen LogP contribution in [0.5, 0.6) is 0 Å². The van der Waals surface area contributed by atoms with E-state index in [1.807, 2.05) is 0 Å². The number of nitrogens with zero attached hydrogens (tertiary/aromatic N) is 1. The molecular formula is C11H15NO4S. The highest BCUT2D eigenvalue weighted by molar-refractivity contribution is 7.12. The van der Waals surface area contributed by atoms with Crippen molar-refractivity contribution < 1.29 is 19.8 Å². The molecule has 5 nitrogen and oxygen atoms in total. The monoisotopic (exact) mass is 257 g/mol. The van der Waals surface area contributed by atoms with Crippen molar-refractivity contribution in [3.05, 3.63) is 22.4 Å². The van der Waals surface area contributed by atoms with Crippen molar-refractivity contribution in [1.82, 2.24) is 4.90 Å². The minimum Gasteiger partial charge on any atom is -0.481 e. The lowest BCUT2D eigenvalue weighted by Gasteiger charge is -2.22. The first-order valence-corrected chi connectivity index (χ1v) is 6.11. The second kappa shape index (κ2) is 6.36. The predicted molar refractivity (Wildman–Crippen MR) is 64.2 cm³/mol. The number of aliphatic hydroxyl groups is 1. The molecule has 0 fully saturated rings. The number of thiophene rings is 1. The topological polar surface area (TPSA) is 77.8 Å². The quantitative estimate of drug-likeness (QED) is 0.798. The number of carbonyl (C=O) groups is 2. The predicted octanol–water partition coefficient (Wildman–Crippen LogP) is 1.05. The van der Waals surface area contributed by atoms with Crippen molar-refractivity contribution in [1.29, 1.82) is 0 Å². The molecule has 1 aromatic heterocycles. The van der Waals surface area contributed by atoms with E-state index in [1.54, 1.807) is 24.4 Å². The maximum atomic E-state index is 12.0. The molecular weight excluding hydrogens is 242 g/mol. The Bertz CT molecular complexity index is 375. The number of hydrogen-bond donors (Lipinski definition) is 2. The average Bonchev–Trinajstić information content (AvgIpc) is 2.75. The molecule has 0 bridgehead atoms.